The summed E-state index contributed by atoms with van der Waals surface area (Å²) in [6, 6.07) is 3.08. The second-order valence-corrected chi connectivity index (χ2v) is 5.59. The Morgan fingerprint density at radius 2 is 2.04 bits per heavy atom. The third kappa shape index (κ3) is 2.38. The maximum Gasteiger partial charge on any atom is 0.417 e. The van der Waals surface area contributed by atoms with Crippen LogP contribution < -0.4 is 5.32 Å². The number of anilines is 1. The van der Waals surface area contributed by atoms with E-state index in [1.165, 1.54) is 6.20 Å². The molecule has 0 saturated carbocycles. The molecule has 0 saturated heterocycles. The molecule has 23 heavy (non-hydrogen) atoms. The van der Waals surface area contributed by atoms with Crippen molar-refractivity contribution >= 4 is 5.82 Å². The van der Waals surface area contributed by atoms with Crippen LogP contribution in [0.2, 0.25) is 0 Å². The van der Waals surface area contributed by atoms with Crippen LogP contribution in [0.15, 0.2) is 18.5 Å². The molecule has 1 aliphatic heterocycles. The van der Waals surface area contributed by atoms with E-state index in [0.29, 0.717) is 29.4 Å². The lowest BCUT2D eigenvalue weighted by atomic mass is 9.79. The molecule has 2 aromatic rings. The Balaban J connectivity index is 2.21. The number of nitriles is 1. The molecule has 0 radical (unpaired) electrons. The number of aromatic nitrogens is 3. The lowest BCUT2D eigenvalue weighted by Gasteiger charge is -2.25. The Hall–Kier alpha value is -2.69. The maximum atomic E-state index is 13.0. The fraction of sp³-hybridized carbons (Fsp3) is 0.333. The first-order chi connectivity index (χ1) is 10.8. The first-order valence-corrected chi connectivity index (χ1v) is 6.81. The van der Waals surface area contributed by atoms with Gasteiger partial charge in [-0.25, -0.2) is 15.0 Å². The first-order valence-electron chi connectivity index (χ1n) is 6.81. The molecule has 1 aliphatic rings. The molecule has 0 fully saturated rings. The van der Waals surface area contributed by atoms with E-state index in [0.717, 1.165) is 12.3 Å². The number of nitrogens with zero attached hydrogens (tertiary/aromatic N) is 4. The summed E-state index contributed by atoms with van der Waals surface area (Å²) in [5, 5.41) is 12.3. The van der Waals surface area contributed by atoms with Crippen LogP contribution in [0.4, 0.5) is 19.0 Å². The minimum atomic E-state index is -4.48. The zero-order chi connectivity index (χ0) is 16.8. The smallest absolute Gasteiger partial charge is 0.369 e. The lowest BCUT2D eigenvalue weighted by molar-refractivity contribution is -0.137. The Kier molecular flexibility index (Phi) is 3.25. The molecular weight excluding hydrogens is 307 g/mol. The van der Waals surface area contributed by atoms with Gasteiger partial charge >= 0.3 is 6.18 Å². The van der Waals surface area contributed by atoms with E-state index in [1.807, 2.05) is 6.07 Å². The van der Waals surface area contributed by atoms with E-state index >= 15 is 0 Å². The third-order valence-electron chi connectivity index (χ3n) is 3.97. The van der Waals surface area contributed by atoms with Gasteiger partial charge in [0.2, 0.25) is 0 Å². The summed E-state index contributed by atoms with van der Waals surface area (Å²) in [4.78, 5) is 12.1. The molecule has 0 spiro atoms. The minimum absolute atomic E-state index is 0.241. The minimum Gasteiger partial charge on any atom is -0.369 e. The van der Waals surface area contributed by atoms with Crippen LogP contribution >= 0.6 is 0 Å². The van der Waals surface area contributed by atoms with Gasteiger partial charge in [-0.05, 0) is 19.9 Å². The van der Waals surface area contributed by atoms with Crippen LogP contribution in [0.5, 0.6) is 0 Å². The molecule has 2 aromatic heterocycles. The van der Waals surface area contributed by atoms with E-state index in [2.05, 4.69) is 20.3 Å². The van der Waals surface area contributed by atoms with Crippen molar-refractivity contribution in [3.63, 3.8) is 0 Å². The van der Waals surface area contributed by atoms with Crippen molar-refractivity contribution in [1.29, 1.82) is 5.26 Å². The molecule has 118 valence electrons. The predicted molar refractivity (Wildman–Crippen MR) is 75.7 cm³/mol. The highest BCUT2D eigenvalue weighted by molar-refractivity contribution is 5.61. The molecule has 3 rings (SSSR count). The average Bonchev–Trinajstić information content (AvgIpc) is 2.84. The normalized spacial score (nSPS) is 19.8. The standard InChI is InChI=1S/C15H12F3N5/c1-8-20-5-9(4-19)12(23-8)14(2)7-22-13-11(14)3-10(6-21-13)15(16,17)18/h3,5-6H,7H2,1-2H3,(H,21,22). The summed E-state index contributed by atoms with van der Waals surface area (Å²) in [7, 11) is 0. The topological polar surface area (TPSA) is 74.5 Å². The monoisotopic (exact) mass is 319 g/mol. The van der Waals surface area contributed by atoms with Crippen LogP contribution in [0.1, 0.15) is 35.1 Å². The van der Waals surface area contributed by atoms with E-state index < -0.39 is 17.2 Å². The van der Waals surface area contributed by atoms with Crippen LogP contribution in [-0.2, 0) is 11.6 Å². The third-order valence-corrected chi connectivity index (χ3v) is 3.97. The zero-order valence-corrected chi connectivity index (χ0v) is 12.4. The van der Waals surface area contributed by atoms with Crippen molar-refractivity contribution < 1.29 is 13.2 Å². The molecule has 3 heterocycles. The zero-order valence-electron chi connectivity index (χ0n) is 12.4. The Morgan fingerprint density at radius 3 is 2.70 bits per heavy atom. The van der Waals surface area contributed by atoms with E-state index in [1.54, 1.807) is 13.8 Å². The van der Waals surface area contributed by atoms with Gasteiger partial charge in [0.25, 0.3) is 0 Å². The summed E-state index contributed by atoms with van der Waals surface area (Å²) >= 11 is 0. The van der Waals surface area contributed by atoms with Crippen LogP contribution in [0, 0.1) is 18.3 Å². The molecular formula is C15H12F3N5. The van der Waals surface area contributed by atoms with Gasteiger partial charge < -0.3 is 5.32 Å². The van der Waals surface area contributed by atoms with Crippen molar-refractivity contribution in [2.75, 3.05) is 11.9 Å². The molecule has 0 aliphatic carbocycles. The van der Waals surface area contributed by atoms with E-state index in [4.69, 9.17) is 0 Å². The van der Waals surface area contributed by atoms with Gasteiger partial charge in [-0.2, -0.15) is 18.4 Å². The largest absolute Gasteiger partial charge is 0.417 e. The number of hydrogen-bond donors (Lipinski definition) is 1. The molecule has 1 atom stereocenters. The van der Waals surface area contributed by atoms with Gasteiger partial charge in [0.1, 0.15) is 17.7 Å². The number of fused-ring (bicyclic) bond motifs is 1. The number of hydrogen-bond acceptors (Lipinski definition) is 5. The molecule has 8 heteroatoms. The number of alkyl halides is 3. The highest BCUT2D eigenvalue weighted by Gasteiger charge is 2.42. The van der Waals surface area contributed by atoms with Crippen molar-refractivity contribution in [3.05, 3.63) is 46.7 Å². The van der Waals surface area contributed by atoms with Gasteiger partial charge in [-0.15, -0.1) is 0 Å². The summed E-state index contributed by atoms with van der Waals surface area (Å²) in [5.74, 6) is 0.828. The quantitative estimate of drug-likeness (QED) is 0.875. The number of halogens is 3. The Labute approximate surface area is 130 Å². The molecule has 0 bridgehead atoms. The van der Waals surface area contributed by atoms with Crippen molar-refractivity contribution in [3.8, 4) is 6.07 Å². The Morgan fingerprint density at radius 1 is 1.30 bits per heavy atom. The van der Waals surface area contributed by atoms with Crippen LogP contribution in [-0.4, -0.2) is 21.5 Å². The number of rotatable bonds is 1. The van der Waals surface area contributed by atoms with Crippen molar-refractivity contribution in [1.82, 2.24) is 15.0 Å². The van der Waals surface area contributed by atoms with Gasteiger partial charge in [0.05, 0.1) is 22.2 Å². The lowest BCUT2D eigenvalue weighted by Crippen LogP contribution is -2.29. The molecule has 1 N–H and O–H groups in total. The molecule has 0 amide bonds. The van der Waals surface area contributed by atoms with Crippen molar-refractivity contribution in [2.45, 2.75) is 25.4 Å². The SMILES string of the molecule is Cc1ncc(C#N)c(C2(C)CNc3ncc(C(F)(F)F)cc32)n1. The second-order valence-electron chi connectivity index (χ2n) is 5.59. The predicted octanol–water partition coefficient (Wildman–Crippen LogP) is 2.80. The molecule has 5 nitrogen and oxygen atoms in total. The molecule has 1 unspecified atom stereocenters. The molecule has 0 aromatic carbocycles. The summed E-state index contributed by atoms with van der Waals surface area (Å²) < 4.78 is 38.9. The number of nitrogens with one attached hydrogen (secondary N) is 1. The van der Waals surface area contributed by atoms with Crippen molar-refractivity contribution in [2.24, 2.45) is 0 Å². The average molecular weight is 319 g/mol. The van der Waals surface area contributed by atoms with E-state index in [9.17, 15) is 18.4 Å². The van der Waals surface area contributed by atoms with Gasteiger partial charge in [-0.3, -0.25) is 0 Å². The highest BCUT2D eigenvalue weighted by atomic mass is 19.4. The Bertz CT molecular complexity index is 825. The second kappa shape index (κ2) is 4.91. The fourth-order valence-electron chi connectivity index (χ4n) is 2.72. The highest BCUT2D eigenvalue weighted by Crippen LogP contribution is 2.43. The fourth-order valence-corrected chi connectivity index (χ4v) is 2.72. The first kappa shape index (κ1) is 15.2. The maximum absolute atomic E-state index is 13.0. The van der Waals surface area contributed by atoms with Gasteiger partial charge in [-0.1, -0.05) is 0 Å². The van der Waals surface area contributed by atoms with Gasteiger partial charge in [0.15, 0.2) is 0 Å². The summed E-state index contributed by atoms with van der Waals surface area (Å²) in [6.45, 7) is 3.72. The summed E-state index contributed by atoms with van der Waals surface area (Å²) in [6.07, 6.45) is -2.29. The van der Waals surface area contributed by atoms with E-state index in [-0.39, 0.29) is 5.56 Å². The number of aryl methyl sites for hydroxylation is 1. The van der Waals surface area contributed by atoms with Crippen LogP contribution in [0.3, 0.4) is 0 Å². The number of pyridine rings is 1. The van der Waals surface area contributed by atoms with Crippen LogP contribution in [0.25, 0.3) is 0 Å². The summed E-state index contributed by atoms with van der Waals surface area (Å²) in [5.41, 5.74) is -0.690. The van der Waals surface area contributed by atoms with Gasteiger partial charge in [0, 0.05) is 24.5 Å².